The average Bonchev–Trinajstić information content (AvgIpc) is 3.32. The van der Waals surface area contributed by atoms with E-state index < -0.39 is 47.9 Å². The van der Waals surface area contributed by atoms with Crippen molar-refractivity contribution in [1.29, 1.82) is 0 Å². The van der Waals surface area contributed by atoms with Crippen LogP contribution in [0.3, 0.4) is 0 Å². The highest BCUT2D eigenvalue weighted by atomic mass is 16.6. The zero-order valence-corrected chi connectivity index (χ0v) is 25.0. The summed E-state index contributed by atoms with van der Waals surface area (Å²) in [5.74, 6) is -3.93. The van der Waals surface area contributed by atoms with E-state index in [1.807, 2.05) is 6.07 Å². The molecule has 1 saturated heterocycles. The van der Waals surface area contributed by atoms with Crippen LogP contribution in [0.25, 0.3) is 0 Å². The molecule has 1 aliphatic heterocycles. The highest BCUT2D eigenvalue weighted by molar-refractivity contribution is 6.04. The van der Waals surface area contributed by atoms with Gasteiger partial charge in [0, 0.05) is 20.0 Å². The fraction of sp³-hybridized carbons (Fsp3) is 0.424. The fourth-order valence-electron chi connectivity index (χ4n) is 4.82. The summed E-state index contributed by atoms with van der Waals surface area (Å²) in [6.45, 7) is 3.88. The number of carbonyl (C=O) groups excluding carboxylic acids is 5. The summed E-state index contributed by atoms with van der Waals surface area (Å²) in [4.78, 5) is 66.0. The van der Waals surface area contributed by atoms with Gasteiger partial charge >= 0.3 is 12.1 Å². The van der Waals surface area contributed by atoms with Crippen LogP contribution in [0, 0.1) is 5.92 Å². The van der Waals surface area contributed by atoms with Crippen molar-refractivity contribution < 1.29 is 48.0 Å². The van der Waals surface area contributed by atoms with Crippen LogP contribution < -0.4 is 0 Å². The lowest BCUT2D eigenvalue weighted by molar-refractivity contribution is -0.158. The van der Waals surface area contributed by atoms with Crippen LogP contribution in [-0.2, 0) is 44.5 Å². The molecular weight excluding hydrogens is 570 g/mol. The number of esters is 1. The van der Waals surface area contributed by atoms with E-state index >= 15 is 0 Å². The van der Waals surface area contributed by atoms with Gasteiger partial charge in [-0.25, -0.2) is 9.69 Å². The van der Waals surface area contributed by atoms with E-state index in [0.717, 1.165) is 24.0 Å². The number of amides is 2. The van der Waals surface area contributed by atoms with Crippen LogP contribution in [0.1, 0.15) is 43.9 Å². The molecule has 0 bridgehead atoms. The number of allylic oxidation sites excluding steroid dienone is 1. The molecule has 1 fully saturated rings. The number of ether oxygens (including phenoxy) is 4. The number of carbonyl (C=O) groups is 5. The van der Waals surface area contributed by atoms with E-state index in [0.29, 0.717) is 37.4 Å². The molecule has 2 aromatic carbocycles. The second-order valence-corrected chi connectivity index (χ2v) is 10.2. The summed E-state index contributed by atoms with van der Waals surface area (Å²) in [5, 5.41) is 8.68. The van der Waals surface area contributed by atoms with Crippen LogP contribution in [0.5, 0.6) is 0 Å². The van der Waals surface area contributed by atoms with Crippen molar-refractivity contribution in [3.63, 3.8) is 0 Å². The van der Waals surface area contributed by atoms with E-state index in [2.05, 4.69) is 0 Å². The first kappa shape index (κ1) is 34.3. The Kier molecular flexibility index (Phi) is 13.9. The number of rotatable bonds is 18. The molecule has 0 aliphatic carbocycles. The standard InChI is InChI=1S/C33H39NO10/c1-23-30(26-12-7-4-8-13-26)44-33(40)34(23)32(39)28(22-25-10-5-3-6-11-25)31(43-24(2)36)29(38)16-15-27(37)14-9-18-41-20-21-42-19-17-35/h3-8,10-13,15-16,23,28,30-31,35H,9,14,17-22H2,1-2H3/t23-,28-,30-,31-/m1/s1. The molecule has 2 aromatic rings. The Morgan fingerprint density at radius 3 is 2.20 bits per heavy atom. The number of aliphatic hydroxyl groups is 1. The second kappa shape index (κ2) is 17.8. The molecule has 3 rings (SSSR count). The maximum absolute atomic E-state index is 14.1. The van der Waals surface area contributed by atoms with Gasteiger partial charge in [-0.05, 0) is 43.0 Å². The zero-order valence-electron chi connectivity index (χ0n) is 25.0. The van der Waals surface area contributed by atoms with Gasteiger partial charge in [0.15, 0.2) is 17.7 Å². The quantitative estimate of drug-likeness (QED) is 0.152. The number of imide groups is 1. The molecule has 0 spiro atoms. The molecule has 0 saturated carbocycles. The Bertz CT molecular complexity index is 1280. The monoisotopic (exact) mass is 609 g/mol. The maximum atomic E-state index is 14.1. The van der Waals surface area contributed by atoms with Gasteiger partial charge in [0.05, 0.1) is 38.4 Å². The summed E-state index contributed by atoms with van der Waals surface area (Å²) in [5.41, 5.74) is 1.38. The minimum Gasteiger partial charge on any atom is -0.453 e. The van der Waals surface area contributed by atoms with Crippen molar-refractivity contribution in [3.8, 4) is 0 Å². The Hall–Kier alpha value is -4.19. The van der Waals surface area contributed by atoms with Gasteiger partial charge in [0.2, 0.25) is 5.91 Å². The minimum absolute atomic E-state index is 0.0169. The summed E-state index contributed by atoms with van der Waals surface area (Å²) < 4.78 is 21.4. The molecule has 0 unspecified atom stereocenters. The Labute approximate surface area is 256 Å². The summed E-state index contributed by atoms with van der Waals surface area (Å²) >= 11 is 0. The van der Waals surface area contributed by atoms with Crippen LogP contribution >= 0.6 is 0 Å². The molecular formula is C33H39NO10. The maximum Gasteiger partial charge on any atom is 0.417 e. The van der Waals surface area contributed by atoms with Crippen molar-refractivity contribution in [1.82, 2.24) is 4.90 Å². The lowest BCUT2D eigenvalue weighted by Gasteiger charge is -2.28. The minimum atomic E-state index is -1.60. The van der Waals surface area contributed by atoms with E-state index in [1.165, 1.54) is 0 Å². The summed E-state index contributed by atoms with van der Waals surface area (Å²) in [6, 6.07) is 17.1. The van der Waals surface area contributed by atoms with E-state index in [1.54, 1.807) is 61.5 Å². The molecule has 2 amide bonds. The van der Waals surface area contributed by atoms with Gasteiger partial charge in [-0.3, -0.25) is 19.2 Å². The molecule has 44 heavy (non-hydrogen) atoms. The predicted molar refractivity (Wildman–Crippen MR) is 158 cm³/mol. The molecule has 11 heteroatoms. The number of hydrogen-bond acceptors (Lipinski definition) is 10. The molecule has 1 aliphatic rings. The highest BCUT2D eigenvalue weighted by Crippen LogP contribution is 2.34. The lowest BCUT2D eigenvalue weighted by atomic mass is 9.89. The largest absolute Gasteiger partial charge is 0.453 e. The smallest absolute Gasteiger partial charge is 0.417 e. The Morgan fingerprint density at radius 1 is 0.932 bits per heavy atom. The van der Waals surface area contributed by atoms with E-state index in [9.17, 15) is 24.0 Å². The molecule has 1 heterocycles. The number of hydrogen-bond donors (Lipinski definition) is 1. The Balaban J connectivity index is 1.76. The third-order valence-electron chi connectivity index (χ3n) is 6.94. The van der Waals surface area contributed by atoms with Gasteiger partial charge in [-0.1, -0.05) is 60.7 Å². The molecule has 11 nitrogen and oxygen atoms in total. The normalized spacial score (nSPS) is 17.7. The highest BCUT2D eigenvalue weighted by Gasteiger charge is 2.48. The third-order valence-corrected chi connectivity index (χ3v) is 6.94. The molecule has 0 aromatic heterocycles. The summed E-state index contributed by atoms with van der Waals surface area (Å²) in [7, 11) is 0. The van der Waals surface area contributed by atoms with Crippen molar-refractivity contribution in [2.24, 2.45) is 5.92 Å². The van der Waals surface area contributed by atoms with Gasteiger partial charge in [-0.2, -0.15) is 0 Å². The van der Waals surface area contributed by atoms with Crippen molar-refractivity contribution in [3.05, 3.63) is 83.9 Å². The van der Waals surface area contributed by atoms with Crippen LogP contribution in [0.2, 0.25) is 0 Å². The van der Waals surface area contributed by atoms with Gasteiger partial charge in [0.1, 0.15) is 6.10 Å². The topological polar surface area (TPSA) is 146 Å². The fourth-order valence-corrected chi connectivity index (χ4v) is 4.82. The number of ketones is 2. The predicted octanol–water partition coefficient (Wildman–Crippen LogP) is 3.39. The van der Waals surface area contributed by atoms with Crippen molar-refractivity contribution in [2.45, 2.75) is 51.4 Å². The van der Waals surface area contributed by atoms with Crippen LogP contribution in [0.15, 0.2) is 72.8 Å². The summed E-state index contributed by atoms with van der Waals surface area (Å²) in [6.07, 6.45) is -0.603. The zero-order chi connectivity index (χ0) is 31.9. The third kappa shape index (κ3) is 10.2. The van der Waals surface area contributed by atoms with Crippen molar-refractivity contribution in [2.75, 3.05) is 33.0 Å². The molecule has 0 radical (unpaired) electrons. The molecule has 1 N–H and O–H groups in total. The molecule has 236 valence electrons. The first-order valence-corrected chi connectivity index (χ1v) is 14.5. The SMILES string of the molecule is CC(=O)O[C@@H](C(=O)C=CC(=O)CCCOCCOCCO)[C@@H](Cc1ccccc1)C(=O)N1C(=O)O[C@@H](c2ccccc2)[C@H]1C. The first-order chi connectivity index (χ1) is 21.2. The number of nitrogens with zero attached hydrogens (tertiary/aromatic N) is 1. The van der Waals surface area contributed by atoms with Gasteiger partial charge in [-0.15, -0.1) is 0 Å². The molecule has 4 atom stereocenters. The van der Waals surface area contributed by atoms with Gasteiger partial charge < -0.3 is 24.1 Å². The number of benzene rings is 2. The number of cyclic esters (lactones) is 1. The van der Waals surface area contributed by atoms with E-state index in [4.69, 9.17) is 24.1 Å². The van der Waals surface area contributed by atoms with Crippen LogP contribution in [-0.4, -0.2) is 84.7 Å². The number of aliphatic hydroxyl groups excluding tert-OH is 1. The van der Waals surface area contributed by atoms with Crippen molar-refractivity contribution >= 4 is 29.5 Å². The lowest BCUT2D eigenvalue weighted by Crippen LogP contribution is -2.48. The van der Waals surface area contributed by atoms with Gasteiger partial charge in [0.25, 0.3) is 0 Å². The van der Waals surface area contributed by atoms with E-state index in [-0.39, 0.29) is 31.8 Å². The second-order valence-electron chi connectivity index (χ2n) is 10.2. The van der Waals surface area contributed by atoms with Crippen LogP contribution in [0.4, 0.5) is 4.79 Å². The average molecular weight is 610 g/mol. The Morgan fingerprint density at radius 2 is 1.57 bits per heavy atom. The first-order valence-electron chi connectivity index (χ1n) is 14.5.